The molecule has 1 fully saturated rings. The monoisotopic (exact) mass is 333 g/mol. The van der Waals surface area contributed by atoms with Crippen molar-refractivity contribution in [3.8, 4) is 0 Å². The Morgan fingerprint density at radius 1 is 1.09 bits per heavy atom. The molecule has 1 heterocycles. The zero-order chi connectivity index (χ0) is 16.4. The number of carbonyl (C=O) groups excluding carboxylic acids is 1. The fourth-order valence-corrected chi connectivity index (χ4v) is 4.49. The summed E-state index contributed by atoms with van der Waals surface area (Å²) in [6, 6.07) is 13.7. The first kappa shape index (κ1) is 15.7. The number of sulfone groups is 1. The van der Waals surface area contributed by atoms with E-state index in [1.807, 2.05) is 0 Å². The molecule has 0 spiro atoms. The van der Waals surface area contributed by atoms with Crippen LogP contribution in [0.4, 0.5) is 4.39 Å². The fraction of sp³-hybridized carbons (Fsp3) is 0.235. The van der Waals surface area contributed by atoms with Crippen LogP contribution in [0.5, 0.6) is 0 Å². The first-order valence-corrected chi connectivity index (χ1v) is 8.87. The molecule has 1 saturated heterocycles. The first-order valence-electron chi connectivity index (χ1n) is 7.32. The lowest BCUT2D eigenvalue weighted by molar-refractivity contribution is 0.0792. The largest absolute Gasteiger partial charge is 0.337 e. The maximum atomic E-state index is 13.2. The maximum absolute atomic E-state index is 13.2. The maximum Gasteiger partial charge on any atom is 0.253 e. The number of carbonyl (C=O) groups is 1. The second kappa shape index (κ2) is 6.12. The zero-order valence-corrected chi connectivity index (χ0v) is 13.2. The number of hydrogen-bond donors (Lipinski definition) is 0. The van der Waals surface area contributed by atoms with Gasteiger partial charge >= 0.3 is 0 Å². The van der Waals surface area contributed by atoms with Gasteiger partial charge in [-0.2, -0.15) is 0 Å². The Labute approximate surface area is 134 Å². The van der Waals surface area contributed by atoms with Crippen LogP contribution in [0.3, 0.4) is 0 Å². The summed E-state index contributed by atoms with van der Waals surface area (Å²) in [7, 11) is -3.46. The van der Waals surface area contributed by atoms with E-state index in [9.17, 15) is 17.6 Å². The van der Waals surface area contributed by atoms with Gasteiger partial charge < -0.3 is 4.90 Å². The molecule has 1 aliphatic rings. The van der Waals surface area contributed by atoms with Crippen LogP contribution in [-0.4, -0.2) is 37.6 Å². The molecule has 1 atom stereocenters. The van der Waals surface area contributed by atoms with Crippen molar-refractivity contribution in [1.82, 2.24) is 4.90 Å². The molecule has 0 N–H and O–H groups in total. The van der Waals surface area contributed by atoms with Crippen LogP contribution >= 0.6 is 0 Å². The van der Waals surface area contributed by atoms with Crippen LogP contribution in [-0.2, 0) is 9.84 Å². The van der Waals surface area contributed by atoms with Crippen molar-refractivity contribution in [2.45, 2.75) is 16.6 Å². The lowest BCUT2D eigenvalue weighted by atomic mass is 10.2. The molecule has 1 aliphatic heterocycles. The average Bonchev–Trinajstić information content (AvgIpc) is 3.06. The molecular weight excluding hydrogens is 317 g/mol. The van der Waals surface area contributed by atoms with E-state index in [4.69, 9.17) is 0 Å². The molecule has 0 radical (unpaired) electrons. The van der Waals surface area contributed by atoms with Gasteiger partial charge in [0.25, 0.3) is 5.91 Å². The molecule has 120 valence electrons. The van der Waals surface area contributed by atoms with Crippen molar-refractivity contribution < 1.29 is 17.6 Å². The number of hydrogen-bond acceptors (Lipinski definition) is 3. The first-order chi connectivity index (χ1) is 11.0. The van der Waals surface area contributed by atoms with Gasteiger partial charge in [0.05, 0.1) is 10.1 Å². The van der Waals surface area contributed by atoms with E-state index >= 15 is 0 Å². The second-order valence-electron chi connectivity index (χ2n) is 5.53. The lowest BCUT2D eigenvalue weighted by Gasteiger charge is -2.17. The van der Waals surface area contributed by atoms with Crippen molar-refractivity contribution in [1.29, 1.82) is 0 Å². The molecule has 1 amide bonds. The van der Waals surface area contributed by atoms with Gasteiger partial charge in [0.15, 0.2) is 9.84 Å². The van der Waals surface area contributed by atoms with E-state index in [1.54, 1.807) is 30.3 Å². The Bertz CT molecular complexity index is 821. The normalized spacial score (nSPS) is 18.1. The Kier molecular flexibility index (Phi) is 4.17. The molecule has 2 aromatic rings. The summed E-state index contributed by atoms with van der Waals surface area (Å²) in [5.74, 6) is -0.821. The minimum atomic E-state index is -3.46. The van der Waals surface area contributed by atoms with Crippen molar-refractivity contribution in [3.63, 3.8) is 0 Å². The van der Waals surface area contributed by atoms with E-state index in [0.29, 0.717) is 13.0 Å². The minimum Gasteiger partial charge on any atom is -0.337 e. The highest BCUT2D eigenvalue weighted by molar-refractivity contribution is 7.92. The van der Waals surface area contributed by atoms with Crippen LogP contribution in [0.2, 0.25) is 0 Å². The highest BCUT2D eigenvalue weighted by Crippen LogP contribution is 2.25. The Morgan fingerprint density at radius 2 is 1.83 bits per heavy atom. The third kappa shape index (κ3) is 3.12. The van der Waals surface area contributed by atoms with Crippen LogP contribution in [0.25, 0.3) is 0 Å². The molecule has 4 nitrogen and oxygen atoms in total. The van der Waals surface area contributed by atoms with Crippen LogP contribution in [0.1, 0.15) is 16.8 Å². The molecule has 6 heteroatoms. The Morgan fingerprint density at radius 3 is 2.52 bits per heavy atom. The highest BCUT2D eigenvalue weighted by Gasteiger charge is 2.36. The molecule has 23 heavy (non-hydrogen) atoms. The smallest absolute Gasteiger partial charge is 0.253 e. The summed E-state index contributed by atoms with van der Waals surface area (Å²) < 4.78 is 38.4. The summed E-state index contributed by atoms with van der Waals surface area (Å²) >= 11 is 0. The van der Waals surface area contributed by atoms with Gasteiger partial charge in [-0.1, -0.05) is 24.3 Å². The van der Waals surface area contributed by atoms with E-state index in [-0.39, 0.29) is 22.9 Å². The van der Waals surface area contributed by atoms with Crippen molar-refractivity contribution in [3.05, 3.63) is 66.0 Å². The predicted molar refractivity (Wildman–Crippen MR) is 84.3 cm³/mol. The summed E-state index contributed by atoms with van der Waals surface area (Å²) in [5.41, 5.74) is 0.239. The highest BCUT2D eigenvalue weighted by atomic mass is 32.2. The summed E-state index contributed by atoms with van der Waals surface area (Å²) in [6.07, 6.45) is 0.387. The van der Waals surface area contributed by atoms with Gasteiger partial charge in [0, 0.05) is 18.7 Å². The fourth-order valence-electron chi connectivity index (χ4n) is 2.77. The standard InChI is InChI=1S/C17H16FNO3S/c18-14-6-4-5-13(11-14)17(20)19-10-9-16(12-19)23(21,22)15-7-2-1-3-8-15/h1-8,11,16H,9-10,12H2/t16-/m1/s1. The van der Waals surface area contributed by atoms with E-state index < -0.39 is 20.9 Å². The summed E-state index contributed by atoms with van der Waals surface area (Å²) in [5, 5.41) is -0.623. The quantitative estimate of drug-likeness (QED) is 0.867. The van der Waals surface area contributed by atoms with Crippen LogP contribution in [0, 0.1) is 5.82 Å². The van der Waals surface area contributed by atoms with Gasteiger partial charge in [-0.25, -0.2) is 12.8 Å². The van der Waals surface area contributed by atoms with Gasteiger partial charge in [-0.3, -0.25) is 4.79 Å². The molecular formula is C17H16FNO3S. The van der Waals surface area contributed by atoms with Gasteiger partial charge in [-0.05, 0) is 36.8 Å². The zero-order valence-electron chi connectivity index (χ0n) is 12.4. The lowest BCUT2D eigenvalue weighted by Crippen LogP contribution is -2.32. The van der Waals surface area contributed by atoms with Gasteiger partial charge in [0.2, 0.25) is 0 Å². The van der Waals surface area contributed by atoms with E-state index in [2.05, 4.69) is 0 Å². The van der Waals surface area contributed by atoms with Gasteiger partial charge in [0.1, 0.15) is 5.82 Å². The Balaban J connectivity index is 1.77. The number of halogens is 1. The molecule has 0 bridgehead atoms. The second-order valence-corrected chi connectivity index (χ2v) is 7.76. The average molecular weight is 333 g/mol. The van der Waals surface area contributed by atoms with Crippen molar-refractivity contribution in [2.75, 3.05) is 13.1 Å². The number of amides is 1. The summed E-state index contributed by atoms with van der Waals surface area (Å²) in [4.78, 5) is 14.1. The van der Waals surface area contributed by atoms with Crippen molar-refractivity contribution >= 4 is 15.7 Å². The number of likely N-dealkylation sites (tertiary alicyclic amines) is 1. The van der Waals surface area contributed by atoms with Crippen LogP contribution in [0.15, 0.2) is 59.5 Å². The number of rotatable bonds is 3. The van der Waals surface area contributed by atoms with Crippen molar-refractivity contribution in [2.24, 2.45) is 0 Å². The molecule has 0 aliphatic carbocycles. The molecule has 0 aromatic heterocycles. The topological polar surface area (TPSA) is 54.5 Å². The molecule has 3 rings (SSSR count). The van der Waals surface area contributed by atoms with Gasteiger partial charge in [-0.15, -0.1) is 0 Å². The SMILES string of the molecule is O=C(c1cccc(F)c1)N1CC[C@@H](S(=O)(=O)c2ccccc2)C1. The van der Waals surface area contributed by atoms with E-state index in [1.165, 1.54) is 29.2 Å². The molecule has 2 aromatic carbocycles. The predicted octanol–water partition coefficient (Wildman–Crippen LogP) is 2.51. The van der Waals surface area contributed by atoms with E-state index in [0.717, 1.165) is 0 Å². The number of nitrogens with zero attached hydrogens (tertiary/aromatic N) is 1. The Hall–Kier alpha value is -2.21. The number of benzene rings is 2. The molecule has 0 saturated carbocycles. The molecule has 0 unspecified atom stereocenters. The minimum absolute atomic E-state index is 0.132. The van der Waals surface area contributed by atoms with Crippen LogP contribution < -0.4 is 0 Å². The third-order valence-electron chi connectivity index (χ3n) is 4.01. The summed E-state index contributed by atoms with van der Waals surface area (Å²) in [6.45, 7) is 0.485. The third-order valence-corrected chi connectivity index (χ3v) is 6.21.